The zero-order valence-corrected chi connectivity index (χ0v) is 26.5. The minimum Gasteiger partial charge on any atom is -0.388 e. The summed E-state index contributed by atoms with van der Waals surface area (Å²) in [5.74, 6) is -2.70. The molecule has 3 aromatic carbocycles. The predicted molar refractivity (Wildman–Crippen MR) is 177 cm³/mol. The molecular weight excluding hydrogens is 560 g/mol. The van der Waals surface area contributed by atoms with E-state index in [0.29, 0.717) is 23.3 Å². The van der Waals surface area contributed by atoms with Gasteiger partial charge < -0.3 is 26.1 Å². The predicted octanol–water partition coefficient (Wildman–Crippen LogP) is 5.96. The molecule has 3 aromatic rings. The van der Waals surface area contributed by atoms with Crippen LogP contribution in [0, 0.1) is 29.1 Å². The van der Waals surface area contributed by atoms with E-state index >= 15 is 0 Å². The Hall–Kier alpha value is -3.68. The van der Waals surface area contributed by atoms with E-state index in [-0.39, 0.29) is 24.7 Å². The van der Waals surface area contributed by atoms with Crippen molar-refractivity contribution in [1.82, 2.24) is 0 Å². The van der Waals surface area contributed by atoms with Gasteiger partial charge in [-0.25, -0.2) is 0 Å². The molecule has 0 heterocycles. The average molecular weight is 605 g/mol. The summed E-state index contributed by atoms with van der Waals surface area (Å²) >= 11 is 0. The molecule has 0 amide bonds. The van der Waals surface area contributed by atoms with E-state index in [2.05, 4.69) is 36.4 Å². The van der Waals surface area contributed by atoms with Gasteiger partial charge in [0.05, 0.1) is 12.2 Å². The number of hydrogen-bond acceptors (Lipinski definition) is 6. The molecule has 0 aromatic heterocycles. The number of ketones is 1. The minimum atomic E-state index is -1.84. The maximum atomic E-state index is 13.7. The van der Waals surface area contributed by atoms with Crippen molar-refractivity contribution >= 4 is 11.5 Å². The summed E-state index contributed by atoms with van der Waals surface area (Å²) < 4.78 is 7.15. The average Bonchev–Trinajstić information content (AvgIpc) is 3.19. The summed E-state index contributed by atoms with van der Waals surface area (Å²) in [5, 5.41) is 34.1. The molecule has 45 heavy (non-hydrogen) atoms. The van der Waals surface area contributed by atoms with Crippen molar-refractivity contribution in [2.45, 2.75) is 62.9 Å². The second-order valence-electron chi connectivity index (χ2n) is 14.0. The van der Waals surface area contributed by atoms with Crippen LogP contribution in [-0.2, 0) is 15.1 Å². The fourth-order valence-corrected chi connectivity index (χ4v) is 8.47. The molecule has 0 aliphatic heterocycles. The molecule has 6 nitrogen and oxygen atoms in total. The number of ether oxygens (including phenoxy) is 1. The number of rotatable bonds is 7. The first kappa shape index (κ1) is 31.3. The highest BCUT2D eigenvalue weighted by molar-refractivity contribution is 6.05. The van der Waals surface area contributed by atoms with E-state index in [4.69, 9.17) is 15.9 Å². The SMILES string of the molecule is CC1=C[C@H]2[C@@]3(O)[C@H](C)CC(=N)[C@@H](C(C)(C)N)[C@@H]3C=C(COC(c3ccccc3)(c3ccccc3)c3ccccc3)C[C@]2(O)C1=O. The van der Waals surface area contributed by atoms with Crippen LogP contribution < -0.4 is 5.73 Å². The summed E-state index contributed by atoms with van der Waals surface area (Å²) in [6.07, 6.45) is 4.07. The molecule has 6 atom stereocenters. The van der Waals surface area contributed by atoms with Crippen LogP contribution >= 0.6 is 0 Å². The van der Waals surface area contributed by atoms with Gasteiger partial charge in [-0.1, -0.05) is 110 Å². The monoisotopic (exact) mass is 604 g/mol. The zero-order chi connectivity index (χ0) is 32.2. The highest BCUT2D eigenvalue weighted by Gasteiger charge is 2.65. The lowest BCUT2D eigenvalue weighted by Crippen LogP contribution is -2.65. The number of benzene rings is 3. The van der Waals surface area contributed by atoms with E-state index < -0.39 is 40.1 Å². The van der Waals surface area contributed by atoms with E-state index in [1.54, 1.807) is 13.0 Å². The molecule has 5 N–H and O–H groups in total. The number of carbonyl (C=O) groups is 1. The minimum absolute atomic E-state index is 0.00930. The number of carbonyl (C=O) groups excluding carboxylic acids is 1. The zero-order valence-electron chi connectivity index (χ0n) is 26.5. The second kappa shape index (κ2) is 11.3. The first-order valence-electron chi connectivity index (χ1n) is 15.9. The molecule has 0 radical (unpaired) electrons. The second-order valence-corrected chi connectivity index (χ2v) is 14.0. The third-order valence-electron chi connectivity index (χ3n) is 10.5. The molecule has 6 rings (SSSR count). The van der Waals surface area contributed by atoms with Gasteiger partial charge in [-0.15, -0.1) is 0 Å². The standard InChI is InChI=1S/C39H44N2O4/c1-25-20-33-37(43,35(25)42)23-27(22-31-34(36(3,4)41)32(40)21-26(2)38(31,33)44)24-45-39(28-14-8-5-9-15-28,29-16-10-6-11-17-29)30-18-12-7-13-19-30/h5-20,22,26,31,33-34,40,43-44H,21,23-24,41H2,1-4H3/t26-,31+,33-,34+,37-,38-/m1/s1. The Bertz CT molecular complexity index is 1550. The maximum absolute atomic E-state index is 13.7. The normalized spacial score (nSPS) is 30.2. The van der Waals surface area contributed by atoms with Crippen molar-refractivity contribution in [3.63, 3.8) is 0 Å². The van der Waals surface area contributed by atoms with Crippen LogP contribution in [0.2, 0.25) is 0 Å². The van der Waals surface area contributed by atoms with Gasteiger partial charge in [-0.2, -0.15) is 0 Å². The highest BCUT2D eigenvalue weighted by Crippen LogP contribution is 2.57. The topological polar surface area (TPSA) is 117 Å². The quantitative estimate of drug-likeness (QED) is 0.196. The van der Waals surface area contributed by atoms with Crippen molar-refractivity contribution in [2.75, 3.05) is 6.61 Å². The van der Waals surface area contributed by atoms with Crippen LogP contribution in [-0.4, -0.2) is 45.1 Å². The lowest BCUT2D eigenvalue weighted by atomic mass is 9.54. The van der Waals surface area contributed by atoms with E-state index in [0.717, 1.165) is 16.7 Å². The summed E-state index contributed by atoms with van der Waals surface area (Å²) in [6, 6.07) is 30.2. The molecule has 234 valence electrons. The number of nitrogens with one attached hydrogen (secondary N) is 1. The Morgan fingerprint density at radius 3 is 1.84 bits per heavy atom. The van der Waals surface area contributed by atoms with Crippen molar-refractivity contribution in [3.8, 4) is 0 Å². The van der Waals surface area contributed by atoms with Gasteiger partial charge in [0.25, 0.3) is 0 Å². The number of fused-ring (bicyclic) bond motifs is 3. The molecule has 3 aliphatic carbocycles. The van der Waals surface area contributed by atoms with Gasteiger partial charge in [0.1, 0.15) is 11.2 Å². The molecule has 0 bridgehead atoms. The van der Waals surface area contributed by atoms with E-state index in [9.17, 15) is 15.0 Å². The Kier molecular flexibility index (Phi) is 7.85. The molecule has 1 fully saturated rings. The number of nitrogens with two attached hydrogens (primary N) is 1. The van der Waals surface area contributed by atoms with Crippen LogP contribution in [0.25, 0.3) is 0 Å². The van der Waals surface area contributed by atoms with Gasteiger partial charge in [0, 0.05) is 35.4 Å². The van der Waals surface area contributed by atoms with Gasteiger partial charge in [0.15, 0.2) is 5.78 Å². The van der Waals surface area contributed by atoms with Gasteiger partial charge in [0.2, 0.25) is 0 Å². The Balaban J connectivity index is 1.53. The van der Waals surface area contributed by atoms with Crippen LogP contribution in [0.15, 0.2) is 114 Å². The fourth-order valence-electron chi connectivity index (χ4n) is 8.47. The Morgan fingerprint density at radius 1 is 0.889 bits per heavy atom. The third kappa shape index (κ3) is 4.95. The van der Waals surface area contributed by atoms with Crippen LogP contribution in [0.4, 0.5) is 0 Å². The molecular formula is C39H44N2O4. The van der Waals surface area contributed by atoms with E-state index in [1.165, 1.54) is 0 Å². The Labute approximate surface area is 266 Å². The van der Waals surface area contributed by atoms with Crippen LogP contribution in [0.5, 0.6) is 0 Å². The van der Waals surface area contributed by atoms with Crippen LogP contribution in [0.1, 0.15) is 57.2 Å². The number of hydrogen-bond donors (Lipinski definition) is 4. The van der Waals surface area contributed by atoms with Gasteiger partial charge in [-0.05, 0) is 60.9 Å². The van der Waals surface area contributed by atoms with Crippen molar-refractivity contribution in [1.29, 1.82) is 5.41 Å². The van der Waals surface area contributed by atoms with Crippen molar-refractivity contribution in [2.24, 2.45) is 29.4 Å². The first-order chi connectivity index (χ1) is 21.3. The van der Waals surface area contributed by atoms with Crippen molar-refractivity contribution < 1.29 is 19.7 Å². The molecule has 0 unspecified atom stereocenters. The summed E-state index contributed by atoms with van der Waals surface area (Å²) in [5.41, 5.74) is 6.01. The lowest BCUT2D eigenvalue weighted by molar-refractivity contribution is -0.167. The van der Waals surface area contributed by atoms with Crippen LogP contribution in [0.3, 0.4) is 0 Å². The summed E-state index contributed by atoms with van der Waals surface area (Å²) in [7, 11) is 0. The summed E-state index contributed by atoms with van der Waals surface area (Å²) in [4.78, 5) is 13.7. The first-order valence-corrected chi connectivity index (χ1v) is 15.9. The third-order valence-corrected chi connectivity index (χ3v) is 10.5. The lowest BCUT2D eigenvalue weighted by Gasteiger charge is -2.54. The summed E-state index contributed by atoms with van der Waals surface area (Å²) in [6.45, 7) is 7.46. The molecule has 3 aliphatic rings. The number of Topliss-reactive ketones (excluding diaryl/α,β-unsaturated/α-hetero) is 1. The fraction of sp³-hybridized carbons (Fsp3) is 0.385. The van der Waals surface area contributed by atoms with Gasteiger partial charge >= 0.3 is 0 Å². The molecule has 6 heteroatoms. The number of aliphatic hydroxyl groups is 2. The van der Waals surface area contributed by atoms with Crippen molar-refractivity contribution in [3.05, 3.63) is 131 Å². The van der Waals surface area contributed by atoms with Gasteiger partial charge in [-0.3, -0.25) is 4.79 Å². The smallest absolute Gasteiger partial charge is 0.190 e. The molecule has 0 saturated heterocycles. The largest absolute Gasteiger partial charge is 0.388 e. The van der Waals surface area contributed by atoms with E-state index in [1.807, 2.05) is 81.4 Å². The highest BCUT2D eigenvalue weighted by atomic mass is 16.5. The maximum Gasteiger partial charge on any atom is 0.190 e. The Morgan fingerprint density at radius 2 is 1.38 bits per heavy atom. The molecule has 1 saturated carbocycles. The molecule has 0 spiro atoms.